The molecule has 2 aliphatic carbocycles. The monoisotopic (exact) mass is 360 g/mol. The molecule has 4 nitrogen and oxygen atoms in total. The normalized spacial score (nSPS) is 33.6. The number of aliphatic hydroxyl groups is 2. The molecule has 4 heteroatoms. The van der Waals surface area contributed by atoms with Crippen LogP contribution in [-0.4, -0.2) is 60.7 Å². The van der Waals surface area contributed by atoms with E-state index in [4.69, 9.17) is 0 Å². The summed E-state index contributed by atoms with van der Waals surface area (Å²) in [5.41, 5.74) is 0. The van der Waals surface area contributed by atoms with E-state index in [1.807, 2.05) is 19.9 Å². The minimum Gasteiger partial charge on any atom is -0.392 e. The van der Waals surface area contributed by atoms with Gasteiger partial charge in [-0.2, -0.15) is 0 Å². The Bertz CT molecular complexity index is 546. The van der Waals surface area contributed by atoms with E-state index in [-0.39, 0.29) is 17.9 Å². The van der Waals surface area contributed by atoms with Crippen molar-refractivity contribution in [2.45, 2.75) is 51.7 Å². The van der Waals surface area contributed by atoms with Crippen LogP contribution in [0.5, 0.6) is 0 Å². The van der Waals surface area contributed by atoms with E-state index in [2.05, 4.69) is 48.1 Å². The molecule has 0 aliphatic heterocycles. The first-order valence-corrected chi connectivity index (χ1v) is 10.0. The van der Waals surface area contributed by atoms with E-state index in [1.54, 1.807) is 0 Å². The van der Waals surface area contributed by atoms with Gasteiger partial charge in [0, 0.05) is 25.1 Å². The highest BCUT2D eigenvalue weighted by Crippen LogP contribution is 2.50. The van der Waals surface area contributed by atoms with Gasteiger partial charge >= 0.3 is 0 Å². The third-order valence-electron chi connectivity index (χ3n) is 5.98. The molecule has 2 aliphatic rings. The fourth-order valence-electron chi connectivity index (χ4n) is 4.39. The highest BCUT2D eigenvalue weighted by Gasteiger charge is 2.46. The van der Waals surface area contributed by atoms with E-state index in [0.717, 1.165) is 32.4 Å². The highest BCUT2D eigenvalue weighted by molar-refractivity contribution is 5.61. The number of fused-ring (bicyclic) bond motifs is 1. The Kier molecular flexibility index (Phi) is 8.34. The second-order valence-corrected chi connectivity index (χ2v) is 8.38. The number of likely N-dealkylation sites (N-methyl/N-ethyl adjacent to an activating group) is 1. The maximum Gasteiger partial charge on any atom is 0.0755 e. The molecule has 2 rings (SSSR count). The SMILES string of the molecule is CC#CC[C@@H](C)[C@H](O)C=C[C@@H]1[C@H]2CC(C=NCCN(C)C)C[C@H]2C[C@H]1O. The van der Waals surface area contributed by atoms with Gasteiger partial charge in [0.2, 0.25) is 0 Å². The van der Waals surface area contributed by atoms with Crippen molar-refractivity contribution in [3.63, 3.8) is 0 Å². The lowest BCUT2D eigenvalue weighted by Gasteiger charge is -2.19. The molecule has 0 spiro atoms. The molecule has 7 atom stereocenters. The number of aliphatic imine (C=N–C) groups is 1. The van der Waals surface area contributed by atoms with Crippen molar-refractivity contribution < 1.29 is 10.2 Å². The predicted molar refractivity (Wildman–Crippen MR) is 108 cm³/mol. The van der Waals surface area contributed by atoms with E-state index in [0.29, 0.717) is 24.2 Å². The second-order valence-electron chi connectivity index (χ2n) is 8.38. The Hall–Kier alpha value is -1.15. The van der Waals surface area contributed by atoms with Gasteiger partial charge in [-0.15, -0.1) is 11.8 Å². The molecule has 0 amide bonds. The molecular weight excluding hydrogens is 324 g/mol. The summed E-state index contributed by atoms with van der Waals surface area (Å²) >= 11 is 0. The number of rotatable bonds is 8. The first-order valence-electron chi connectivity index (χ1n) is 10.0. The van der Waals surface area contributed by atoms with E-state index in [1.165, 1.54) is 0 Å². The molecule has 0 aromatic rings. The van der Waals surface area contributed by atoms with Gasteiger partial charge in [0.05, 0.1) is 18.8 Å². The van der Waals surface area contributed by atoms with Gasteiger partial charge in [-0.1, -0.05) is 19.1 Å². The zero-order valence-corrected chi connectivity index (χ0v) is 16.8. The van der Waals surface area contributed by atoms with E-state index in [9.17, 15) is 10.2 Å². The van der Waals surface area contributed by atoms with Crippen LogP contribution >= 0.6 is 0 Å². The summed E-state index contributed by atoms with van der Waals surface area (Å²) in [6.45, 7) is 5.68. The summed E-state index contributed by atoms with van der Waals surface area (Å²) in [7, 11) is 4.13. The van der Waals surface area contributed by atoms with Crippen LogP contribution in [0.4, 0.5) is 0 Å². The highest BCUT2D eigenvalue weighted by atomic mass is 16.3. The third-order valence-corrected chi connectivity index (χ3v) is 5.98. The fourth-order valence-corrected chi connectivity index (χ4v) is 4.39. The summed E-state index contributed by atoms with van der Waals surface area (Å²) in [4.78, 5) is 6.74. The van der Waals surface area contributed by atoms with Gasteiger partial charge in [0.1, 0.15) is 0 Å². The van der Waals surface area contributed by atoms with Gasteiger partial charge in [-0.3, -0.25) is 4.99 Å². The first-order chi connectivity index (χ1) is 12.4. The Morgan fingerprint density at radius 3 is 2.73 bits per heavy atom. The Balaban J connectivity index is 1.88. The molecular formula is C22H36N2O2. The van der Waals surface area contributed by atoms with Crippen molar-refractivity contribution in [3.05, 3.63) is 12.2 Å². The predicted octanol–water partition coefficient (Wildman–Crippen LogP) is 2.61. The van der Waals surface area contributed by atoms with Crippen molar-refractivity contribution >= 4 is 6.21 Å². The third kappa shape index (κ3) is 5.94. The van der Waals surface area contributed by atoms with Crippen molar-refractivity contribution in [2.24, 2.45) is 34.6 Å². The van der Waals surface area contributed by atoms with E-state index >= 15 is 0 Å². The zero-order valence-electron chi connectivity index (χ0n) is 16.8. The largest absolute Gasteiger partial charge is 0.392 e. The standard InChI is InChI=1S/C22H36N2O2/c1-5-6-7-16(2)21(25)9-8-19-20-13-17(12-18(20)14-22(19)26)15-23-10-11-24(3)4/h8-9,15-22,25-26H,7,10-14H2,1-4H3/t16-,17?,18+,19-,20+,21-,22-/m1/s1. The maximum absolute atomic E-state index is 10.5. The summed E-state index contributed by atoms with van der Waals surface area (Å²) in [6, 6.07) is 0. The van der Waals surface area contributed by atoms with Gasteiger partial charge < -0.3 is 15.1 Å². The van der Waals surface area contributed by atoms with Crippen LogP contribution < -0.4 is 0 Å². The molecule has 0 heterocycles. The molecule has 0 aromatic heterocycles. The molecule has 0 bridgehead atoms. The van der Waals surface area contributed by atoms with Crippen LogP contribution in [0.2, 0.25) is 0 Å². The van der Waals surface area contributed by atoms with Gasteiger partial charge in [0.15, 0.2) is 0 Å². The molecule has 1 unspecified atom stereocenters. The van der Waals surface area contributed by atoms with Crippen LogP contribution in [-0.2, 0) is 0 Å². The average molecular weight is 361 g/mol. The van der Waals surface area contributed by atoms with Crippen LogP contribution in [0, 0.1) is 41.4 Å². The van der Waals surface area contributed by atoms with Crippen LogP contribution in [0.1, 0.15) is 39.5 Å². The molecule has 2 N–H and O–H groups in total. The van der Waals surface area contributed by atoms with Crippen LogP contribution in [0.25, 0.3) is 0 Å². The number of nitrogens with zero attached hydrogens (tertiary/aromatic N) is 2. The zero-order chi connectivity index (χ0) is 19.1. The average Bonchev–Trinajstić information content (AvgIpc) is 3.10. The van der Waals surface area contributed by atoms with Crippen LogP contribution in [0.3, 0.4) is 0 Å². The molecule has 0 saturated heterocycles. The quantitative estimate of drug-likeness (QED) is 0.397. The number of hydrogen-bond donors (Lipinski definition) is 2. The van der Waals surface area contributed by atoms with Crippen molar-refractivity contribution in [1.29, 1.82) is 0 Å². The van der Waals surface area contributed by atoms with Crippen molar-refractivity contribution in [1.82, 2.24) is 4.90 Å². The Morgan fingerprint density at radius 2 is 2.04 bits per heavy atom. The van der Waals surface area contributed by atoms with Crippen molar-refractivity contribution in [2.75, 3.05) is 27.2 Å². The molecule has 0 radical (unpaired) electrons. The number of aliphatic hydroxyl groups excluding tert-OH is 2. The molecule has 26 heavy (non-hydrogen) atoms. The lowest BCUT2D eigenvalue weighted by molar-refractivity contribution is 0.134. The molecule has 2 fully saturated rings. The summed E-state index contributed by atoms with van der Waals surface area (Å²) < 4.78 is 0. The van der Waals surface area contributed by atoms with Gasteiger partial charge in [-0.05, 0) is 64.0 Å². The van der Waals surface area contributed by atoms with E-state index < -0.39 is 6.10 Å². The summed E-state index contributed by atoms with van der Waals surface area (Å²) in [5, 5.41) is 20.8. The van der Waals surface area contributed by atoms with Gasteiger partial charge in [-0.25, -0.2) is 0 Å². The Labute approximate surface area is 159 Å². The van der Waals surface area contributed by atoms with Crippen molar-refractivity contribution in [3.8, 4) is 11.8 Å². The van der Waals surface area contributed by atoms with Gasteiger partial charge in [0.25, 0.3) is 0 Å². The minimum absolute atomic E-state index is 0.119. The smallest absolute Gasteiger partial charge is 0.0755 e. The molecule has 146 valence electrons. The fraction of sp³-hybridized carbons (Fsp3) is 0.773. The summed E-state index contributed by atoms with van der Waals surface area (Å²) in [5.74, 6) is 7.84. The second kappa shape index (κ2) is 10.3. The Morgan fingerprint density at radius 1 is 1.27 bits per heavy atom. The first kappa shape index (κ1) is 21.2. The van der Waals surface area contributed by atoms with Crippen LogP contribution in [0.15, 0.2) is 17.1 Å². The topological polar surface area (TPSA) is 56.1 Å². The maximum atomic E-state index is 10.5. The molecule has 0 aromatic carbocycles. The lowest BCUT2D eigenvalue weighted by atomic mass is 9.89. The minimum atomic E-state index is -0.494. The summed E-state index contributed by atoms with van der Waals surface area (Å²) in [6.07, 6.45) is 9.17. The lowest BCUT2D eigenvalue weighted by Crippen LogP contribution is -2.20. The molecule has 2 saturated carbocycles. The number of hydrogen-bond acceptors (Lipinski definition) is 4.